The number of benzene rings is 1. The predicted molar refractivity (Wildman–Crippen MR) is 81.5 cm³/mol. The van der Waals surface area contributed by atoms with Crippen LogP contribution in [0.1, 0.15) is 27.2 Å². The Morgan fingerprint density at radius 2 is 1.80 bits per heavy atom. The molecule has 20 heavy (non-hydrogen) atoms. The molecule has 2 aromatic rings. The Balaban J connectivity index is 0.000000347. The quantitative estimate of drug-likeness (QED) is 0.642. The van der Waals surface area contributed by atoms with Gasteiger partial charge in [0.2, 0.25) is 0 Å². The molecule has 0 amide bonds. The van der Waals surface area contributed by atoms with E-state index in [9.17, 15) is 5.21 Å². The number of rotatable bonds is 5. The maximum Gasteiger partial charge on any atom is 0.415 e. The van der Waals surface area contributed by atoms with Gasteiger partial charge in [-0.3, -0.25) is 5.32 Å². The number of nitrogens with zero attached hydrogens (tertiary/aromatic N) is 3. The average molecular weight is 277 g/mol. The number of anilines is 1. The molecule has 110 valence electrons. The molecule has 1 heterocycles. The second-order valence-electron chi connectivity index (χ2n) is 4.19. The molecule has 0 saturated heterocycles. The van der Waals surface area contributed by atoms with Gasteiger partial charge in [0.05, 0.1) is 6.54 Å². The van der Waals surface area contributed by atoms with Crippen molar-refractivity contribution in [1.82, 2.24) is 15.5 Å². The summed E-state index contributed by atoms with van der Waals surface area (Å²) in [6.45, 7) is 9.13. The molecule has 2 rings (SSSR count). The average Bonchev–Trinajstić information content (AvgIpc) is 2.48. The van der Waals surface area contributed by atoms with Crippen molar-refractivity contribution in [3.8, 4) is 0 Å². The van der Waals surface area contributed by atoms with E-state index in [1.54, 1.807) is 12.1 Å². The summed E-state index contributed by atoms with van der Waals surface area (Å²) in [6, 6.07) is 7.13. The molecule has 0 unspecified atom stereocenters. The highest BCUT2D eigenvalue weighted by Crippen LogP contribution is 2.06. The van der Waals surface area contributed by atoms with Gasteiger partial charge in [0, 0.05) is 5.10 Å². The molecule has 0 aliphatic carbocycles. The predicted octanol–water partition coefficient (Wildman–Crippen LogP) is 1.70. The minimum atomic E-state index is 0.260. The Kier molecular flexibility index (Phi) is 7.27. The van der Waals surface area contributed by atoms with Crippen molar-refractivity contribution in [2.45, 2.75) is 27.2 Å². The molecule has 0 spiro atoms. The van der Waals surface area contributed by atoms with E-state index < -0.39 is 0 Å². The number of fused-ring (bicyclic) bond motifs is 1. The van der Waals surface area contributed by atoms with Crippen LogP contribution in [0, 0.1) is 5.21 Å². The van der Waals surface area contributed by atoms with Gasteiger partial charge in [0.15, 0.2) is 0 Å². The molecule has 0 radical (unpaired) electrons. The first-order valence-electron chi connectivity index (χ1n) is 7.04. The third-order valence-corrected chi connectivity index (χ3v) is 2.58. The van der Waals surface area contributed by atoms with Gasteiger partial charge in [-0.15, -0.1) is 0 Å². The number of aromatic nitrogens is 3. The maximum absolute atomic E-state index is 11.8. The van der Waals surface area contributed by atoms with Crippen LogP contribution in [-0.2, 0) is 0 Å². The van der Waals surface area contributed by atoms with Crippen LogP contribution in [-0.4, -0.2) is 29.8 Å². The molecular formula is C14H23N5O. The summed E-state index contributed by atoms with van der Waals surface area (Å²) in [5.41, 5.74) is 1.14. The Hall–Kier alpha value is -1.95. The zero-order valence-corrected chi connectivity index (χ0v) is 12.4. The lowest BCUT2D eigenvalue weighted by Gasteiger charge is -2.09. The lowest BCUT2D eigenvalue weighted by atomic mass is 10.3. The van der Waals surface area contributed by atoms with Crippen LogP contribution in [0.25, 0.3) is 11.0 Å². The topological polar surface area (TPSA) is 76.8 Å². The first-order chi connectivity index (χ1) is 9.74. The zero-order valence-electron chi connectivity index (χ0n) is 12.4. The van der Waals surface area contributed by atoms with Crippen molar-refractivity contribution in [3.05, 3.63) is 29.5 Å². The van der Waals surface area contributed by atoms with Crippen LogP contribution < -0.4 is 15.4 Å². The standard InChI is InChI=1S/C10H12N4O.C4H11N/c1-2-7-11-10-13-12-8-5-3-4-6-9(8)14(10)15;1-3-5-4-2/h3-6H,2,7H2,1H3,(H,11,13);5H,3-4H2,1-2H3. The fourth-order valence-corrected chi connectivity index (χ4v) is 1.57. The van der Waals surface area contributed by atoms with E-state index >= 15 is 0 Å². The van der Waals surface area contributed by atoms with Gasteiger partial charge in [-0.25, -0.2) is 4.73 Å². The van der Waals surface area contributed by atoms with Crippen LogP contribution in [0.4, 0.5) is 5.95 Å². The van der Waals surface area contributed by atoms with Gasteiger partial charge in [-0.2, -0.15) is 0 Å². The Morgan fingerprint density at radius 3 is 2.40 bits per heavy atom. The van der Waals surface area contributed by atoms with E-state index in [2.05, 4.69) is 34.7 Å². The monoisotopic (exact) mass is 277 g/mol. The molecule has 0 aliphatic heterocycles. The van der Waals surface area contributed by atoms with Crippen LogP contribution >= 0.6 is 0 Å². The summed E-state index contributed by atoms with van der Waals surface area (Å²) in [5.74, 6) is 0.260. The summed E-state index contributed by atoms with van der Waals surface area (Å²) in [4.78, 5) is 0. The van der Waals surface area contributed by atoms with Gasteiger partial charge in [-0.05, 0) is 31.6 Å². The molecule has 2 N–H and O–H groups in total. The molecule has 0 fully saturated rings. The van der Waals surface area contributed by atoms with E-state index in [4.69, 9.17) is 0 Å². The largest absolute Gasteiger partial charge is 0.740 e. The van der Waals surface area contributed by atoms with Crippen LogP contribution in [0.3, 0.4) is 0 Å². The Morgan fingerprint density at radius 1 is 1.10 bits per heavy atom. The van der Waals surface area contributed by atoms with E-state index in [1.807, 2.05) is 19.1 Å². The number of nitrogens with one attached hydrogen (secondary N) is 2. The van der Waals surface area contributed by atoms with Gasteiger partial charge in [0.1, 0.15) is 11.0 Å². The van der Waals surface area contributed by atoms with Crippen LogP contribution in [0.15, 0.2) is 24.3 Å². The van der Waals surface area contributed by atoms with Gasteiger partial charge in [-0.1, -0.05) is 38.0 Å². The SMILES string of the molecule is CCCNc1nnc2ccccc2[n+]1[O-].CCNCC. The van der Waals surface area contributed by atoms with Crippen LogP contribution in [0.2, 0.25) is 0 Å². The van der Waals surface area contributed by atoms with E-state index in [1.165, 1.54) is 0 Å². The molecule has 1 aromatic heterocycles. The molecule has 6 nitrogen and oxygen atoms in total. The minimum Gasteiger partial charge on any atom is -0.740 e. The van der Waals surface area contributed by atoms with Crippen molar-refractivity contribution in [2.24, 2.45) is 0 Å². The van der Waals surface area contributed by atoms with E-state index in [0.29, 0.717) is 11.0 Å². The van der Waals surface area contributed by atoms with Crippen molar-refractivity contribution in [2.75, 3.05) is 25.0 Å². The van der Waals surface area contributed by atoms with Gasteiger partial charge < -0.3 is 10.5 Å². The molecule has 0 atom stereocenters. The number of hydrogen-bond donors (Lipinski definition) is 2. The molecule has 0 bridgehead atoms. The summed E-state index contributed by atoms with van der Waals surface area (Å²) in [5, 5.41) is 25.6. The summed E-state index contributed by atoms with van der Waals surface area (Å²) in [6.07, 6.45) is 0.939. The smallest absolute Gasteiger partial charge is 0.415 e. The first-order valence-corrected chi connectivity index (χ1v) is 7.04. The molecule has 0 saturated carbocycles. The number of hydrogen-bond acceptors (Lipinski definition) is 5. The van der Waals surface area contributed by atoms with Crippen molar-refractivity contribution >= 4 is 17.0 Å². The Labute approximate surface area is 119 Å². The minimum absolute atomic E-state index is 0.260. The van der Waals surface area contributed by atoms with E-state index in [-0.39, 0.29) is 5.95 Å². The van der Waals surface area contributed by atoms with Gasteiger partial charge >= 0.3 is 5.95 Å². The lowest BCUT2D eigenvalue weighted by molar-refractivity contribution is -0.565. The zero-order chi connectivity index (χ0) is 14.8. The summed E-state index contributed by atoms with van der Waals surface area (Å²) >= 11 is 0. The molecule has 6 heteroatoms. The first kappa shape index (κ1) is 16.1. The highest BCUT2D eigenvalue weighted by atomic mass is 16.5. The van der Waals surface area contributed by atoms with Gasteiger partial charge in [0.25, 0.3) is 0 Å². The summed E-state index contributed by atoms with van der Waals surface area (Å²) < 4.78 is 0.776. The fourth-order valence-electron chi connectivity index (χ4n) is 1.57. The maximum atomic E-state index is 11.8. The van der Waals surface area contributed by atoms with Crippen molar-refractivity contribution in [3.63, 3.8) is 0 Å². The second-order valence-corrected chi connectivity index (χ2v) is 4.19. The highest BCUT2D eigenvalue weighted by Gasteiger charge is 2.09. The normalized spacial score (nSPS) is 9.95. The summed E-state index contributed by atoms with van der Waals surface area (Å²) in [7, 11) is 0. The molecule has 1 aromatic carbocycles. The van der Waals surface area contributed by atoms with Crippen molar-refractivity contribution < 1.29 is 4.73 Å². The van der Waals surface area contributed by atoms with Crippen LogP contribution in [0.5, 0.6) is 0 Å². The molecular weight excluding hydrogens is 254 g/mol. The third kappa shape index (κ3) is 4.62. The number of para-hydroxylation sites is 1. The highest BCUT2D eigenvalue weighted by molar-refractivity contribution is 5.70. The second kappa shape index (κ2) is 9.03. The third-order valence-electron chi connectivity index (χ3n) is 2.58. The fraction of sp³-hybridized carbons (Fsp3) is 0.500. The van der Waals surface area contributed by atoms with Crippen molar-refractivity contribution in [1.29, 1.82) is 0 Å². The Bertz CT molecular complexity index is 516. The molecule has 0 aliphatic rings. The lowest BCUT2D eigenvalue weighted by Crippen LogP contribution is -2.34. The van der Waals surface area contributed by atoms with E-state index in [0.717, 1.165) is 30.8 Å².